The first-order valence-corrected chi connectivity index (χ1v) is 7.07. The molecule has 0 spiro atoms. The van der Waals surface area contributed by atoms with Gasteiger partial charge in [0, 0.05) is 12.3 Å². The van der Waals surface area contributed by atoms with Crippen LogP contribution in [0.2, 0.25) is 0 Å². The van der Waals surface area contributed by atoms with Gasteiger partial charge in [-0.05, 0) is 32.2 Å². The van der Waals surface area contributed by atoms with E-state index in [1.54, 1.807) is 0 Å². The molecule has 0 saturated heterocycles. The summed E-state index contributed by atoms with van der Waals surface area (Å²) in [7, 11) is -0.892. The molecular formula is C10H23NO2S. The molecule has 86 valence electrons. The molecule has 0 aliphatic heterocycles. The second kappa shape index (κ2) is 5.12. The SMILES string of the molecule is CNC(C)CC(C)(C)CCS(C)(=O)=O. The van der Waals surface area contributed by atoms with Crippen molar-refractivity contribution in [2.24, 2.45) is 5.41 Å². The van der Waals surface area contributed by atoms with Gasteiger partial charge in [-0.25, -0.2) is 8.42 Å². The van der Waals surface area contributed by atoms with Crippen molar-refractivity contribution in [3.63, 3.8) is 0 Å². The van der Waals surface area contributed by atoms with Crippen LogP contribution >= 0.6 is 0 Å². The van der Waals surface area contributed by atoms with Crippen LogP contribution in [0.15, 0.2) is 0 Å². The van der Waals surface area contributed by atoms with Crippen LogP contribution in [0.5, 0.6) is 0 Å². The van der Waals surface area contributed by atoms with Crippen LogP contribution in [-0.2, 0) is 9.84 Å². The minimum absolute atomic E-state index is 0.0888. The highest BCUT2D eigenvalue weighted by molar-refractivity contribution is 7.90. The van der Waals surface area contributed by atoms with Gasteiger partial charge in [0.2, 0.25) is 0 Å². The van der Waals surface area contributed by atoms with Crippen LogP contribution in [0.1, 0.15) is 33.6 Å². The number of sulfone groups is 1. The predicted molar refractivity (Wildman–Crippen MR) is 61.2 cm³/mol. The Kier molecular flexibility index (Phi) is 5.09. The van der Waals surface area contributed by atoms with Crippen molar-refractivity contribution < 1.29 is 8.42 Å². The molecule has 0 aliphatic rings. The van der Waals surface area contributed by atoms with Gasteiger partial charge in [0.15, 0.2) is 0 Å². The first-order valence-electron chi connectivity index (χ1n) is 5.01. The van der Waals surface area contributed by atoms with E-state index in [1.807, 2.05) is 7.05 Å². The Balaban J connectivity index is 4.08. The lowest BCUT2D eigenvalue weighted by molar-refractivity contribution is 0.286. The minimum atomic E-state index is -2.82. The standard InChI is InChI=1S/C10H23NO2S/c1-9(11-4)8-10(2,3)6-7-14(5,12)13/h9,11H,6-8H2,1-5H3. The summed E-state index contributed by atoms with van der Waals surface area (Å²) < 4.78 is 22.0. The maximum atomic E-state index is 11.0. The lowest BCUT2D eigenvalue weighted by Crippen LogP contribution is -2.29. The molecule has 0 bridgehead atoms. The monoisotopic (exact) mass is 221 g/mol. The van der Waals surface area contributed by atoms with E-state index >= 15 is 0 Å². The van der Waals surface area contributed by atoms with Crippen molar-refractivity contribution in [2.75, 3.05) is 19.1 Å². The topological polar surface area (TPSA) is 46.2 Å². The van der Waals surface area contributed by atoms with E-state index in [0.717, 1.165) is 12.8 Å². The van der Waals surface area contributed by atoms with Crippen LogP contribution in [0.4, 0.5) is 0 Å². The van der Waals surface area contributed by atoms with Crippen LogP contribution < -0.4 is 5.32 Å². The van der Waals surface area contributed by atoms with Crippen molar-refractivity contribution >= 4 is 9.84 Å². The number of hydrogen-bond acceptors (Lipinski definition) is 3. The molecule has 0 radical (unpaired) electrons. The predicted octanol–water partition coefficient (Wildman–Crippen LogP) is 1.45. The van der Waals surface area contributed by atoms with Crippen LogP contribution in [0, 0.1) is 5.41 Å². The van der Waals surface area contributed by atoms with Gasteiger partial charge >= 0.3 is 0 Å². The fourth-order valence-electron chi connectivity index (χ4n) is 1.49. The summed E-state index contributed by atoms with van der Waals surface area (Å²) in [6.07, 6.45) is 3.03. The maximum absolute atomic E-state index is 11.0. The van der Waals surface area contributed by atoms with E-state index in [0.29, 0.717) is 6.04 Å². The van der Waals surface area contributed by atoms with E-state index < -0.39 is 9.84 Å². The fourth-order valence-corrected chi connectivity index (χ4v) is 2.42. The van der Waals surface area contributed by atoms with Gasteiger partial charge in [-0.3, -0.25) is 0 Å². The summed E-state index contributed by atoms with van der Waals surface area (Å²) in [6.45, 7) is 6.35. The first kappa shape index (κ1) is 13.9. The first-order chi connectivity index (χ1) is 6.16. The van der Waals surface area contributed by atoms with Gasteiger partial charge < -0.3 is 5.32 Å². The van der Waals surface area contributed by atoms with E-state index in [1.165, 1.54) is 6.26 Å². The second-order valence-corrected chi connectivity index (χ2v) is 7.20. The van der Waals surface area contributed by atoms with Crippen LogP contribution in [0.3, 0.4) is 0 Å². The second-order valence-electron chi connectivity index (χ2n) is 4.94. The molecule has 0 aromatic carbocycles. The average Bonchev–Trinajstić information content (AvgIpc) is 1.99. The third-order valence-electron chi connectivity index (χ3n) is 2.50. The van der Waals surface area contributed by atoms with Crippen LogP contribution in [-0.4, -0.2) is 33.5 Å². The molecule has 0 amide bonds. The van der Waals surface area contributed by atoms with Crippen LogP contribution in [0.25, 0.3) is 0 Å². The number of rotatable bonds is 6. The Labute approximate surface area is 88.2 Å². The van der Waals surface area contributed by atoms with Gasteiger partial charge in [-0.2, -0.15) is 0 Å². The Bertz CT molecular complexity index is 257. The van der Waals surface area contributed by atoms with E-state index in [9.17, 15) is 8.42 Å². The quantitative estimate of drug-likeness (QED) is 0.738. The molecule has 0 aromatic rings. The molecule has 4 heteroatoms. The van der Waals surface area contributed by atoms with Crippen molar-refractivity contribution in [2.45, 2.75) is 39.7 Å². The van der Waals surface area contributed by atoms with Gasteiger partial charge in [0.1, 0.15) is 9.84 Å². The molecule has 0 heterocycles. The highest BCUT2D eigenvalue weighted by Crippen LogP contribution is 2.27. The third-order valence-corrected chi connectivity index (χ3v) is 3.45. The number of nitrogens with one attached hydrogen (secondary N) is 1. The van der Waals surface area contributed by atoms with Gasteiger partial charge in [0.25, 0.3) is 0 Å². The Hall–Kier alpha value is -0.0900. The zero-order chi connectivity index (χ0) is 11.4. The molecular weight excluding hydrogens is 198 g/mol. The van der Waals surface area contributed by atoms with Crippen molar-refractivity contribution in [3.05, 3.63) is 0 Å². The van der Waals surface area contributed by atoms with Crippen molar-refractivity contribution in [1.29, 1.82) is 0 Å². The summed E-state index contributed by atoms with van der Waals surface area (Å²) in [5.41, 5.74) is 0.0888. The van der Waals surface area contributed by atoms with E-state index in [2.05, 4.69) is 26.1 Å². The van der Waals surface area contributed by atoms with Gasteiger partial charge in [-0.1, -0.05) is 13.8 Å². The molecule has 0 saturated carbocycles. The Morgan fingerprint density at radius 3 is 2.21 bits per heavy atom. The highest BCUT2D eigenvalue weighted by Gasteiger charge is 2.22. The molecule has 1 unspecified atom stereocenters. The molecule has 0 fully saturated rings. The molecule has 0 rings (SSSR count). The van der Waals surface area contributed by atoms with E-state index in [-0.39, 0.29) is 11.2 Å². The molecule has 0 aliphatic carbocycles. The third kappa shape index (κ3) is 7.33. The fraction of sp³-hybridized carbons (Fsp3) is 1.00. The maximum Gasteiger partial charge on any atom is 0.147 e. The molecule has 3 nitrogen and oxygen atoms in total. The summed E-state index contributed by atoms with van der Waals surface area (Å²) in [4.78, 5) is 0. The highest BCUT2D eigenvalue weighted by atomic mass is 32.2. The zero-order valence-electron chi connectivity index (χ0n) is 9.92. The minimum Gasteiger partial charge on any atom is -0.317 e. The molecule has 14 heavy (non-hydrogen) atoms. The van der Waals surface area contributed by atoms with Gasteiger partial charge in [0.05, 0.1) is 5.75 Å². The normalized spacial score (nSPS) is 15.5. The summed E-state index contributed by atoms with van der Waals surface area (Å²) >= 11 is 0. The summed E-state index contributed by atoms with van der Waals surface area (Å²) in [5, 5.41) is 3.17. The van der Waals surface area contributed by atoms with Crippen molar-refractivity contribution in [1.82, 2.24) is 5.32 Å². The molecule has 0 aromatic heterocycles. The Morgan fingerprint density at radius 1 is 1.36 bits per heavy atom. The summed E-state index contributed by atoms with van der Waals surface area (Å²) in [6, 6.07) is 0.435. The Morgan fingerprint density at radius 2 is 1.86 bits per heavy atom. The smallest absolute Gasteiger partial charge is 0.147 e. The van der Waals surface area contributed by atoms with Crippen molar-refractivity contribution in [3.8, 4) is 0 Å². The average molecular weight is 221 g/mol. The molecule has 1 N–H and O–H groups in total. The lowest BCUT2D eigenvalue weighted by Gasteiger charge is -2.27. The van der Waals surface area contributed by atoms with E-state index in [4.69, 9.17) is 0 Å². The molecule has 1 atom stereocenters. The number of hydrogen-bond donors (Lipinski definition) is 1. The van der Waals surface area contributed by atoms with Gasteiger partial charge in [-0.15, -0.1) is 0 Å². The zero-order valence-corrected chi connectivity index (χ0v) is 10.7. The lowest BCUT2D eigenvalue weighted by atomic mass is 9.84. The summed E-state index contributed by atoms with van der Waals surface area (Å²) in [5.74, 6) is 0.288. The largest absolute Gasteiger partial charge is 0.317 e.